The summed E-state index contributed by atoms with van der Waals surface area (Å²) in [6.45, 7) is 12.0. The van der Waals surface area contributed by atoms with E-state index in [9.17, 15) is 0 Å². The molecule has 2 aromatic heterocycles. The van der Waals surface area contributed by atoms with E-state index in [4.69, 9.17) is 9.88 Å². The van der Waals surface area contributed by atoms with Gasteiger partial charge in [0.2, 0.25) is 6.33 Å². The number of hydrogen-bond donors (Lipinski definition) is 0. The Morgan fingerprint density at radius 3 is 2.57 bits per heavy atom. The highest BCUT2D eigenvalue weighted by molar-refractivity contribution is 7.17. The van der Waals surface area contributed by atoms with Gasteiger partial charge in [-0.3, -0.25) is 0 Å². The molecule has 3 heterocycles. The van der Waals surface area contributed by atoms with Crippen molar-refractivity contribution < 1.29 is 14.4 Å². The van der Waals surface area contributed by atoms with Crippen LogP contribution in [0.25, 0.3) is 15.8 Å². The number of rotatable bonds is 5. The van der Waals surface area contributed by atoms with Crippen LogP contribution in [0, 0.1) is 0 Å². The van der Waals surface area contributed by atoms with Crippen molar-refractivity contribution in [3.8, 4) is 11.4 Å². The van der Waals surface area contributed by atoms with Crippen LogP contribution in [0.4, 0.5) is 0 Å². The third-order valence-corrected chi connectivity index (χ3v) is 6.68. The maximum atomic E-state index is 5.89. The summed E-state index contributed by atoms with van der Waals surface area (Å²) in [7, 11) is 0. The molecule has 28 heavy (non-hydrogen) atoms. The summed E-state index contributed by atoms with van der Waals surface area (Å²) in [4.78, 5) is 11.7. The van der Waals surface area contributed by atoms with Gasteiger partial charge in [0, 0.05) is 32.6 Å². The summed E-state index contributed by atoms with van der Waals surface area (Å²) >= 11 is 1.72. The predicted molar refractivity (Wildman–Crippen MR) is 113 cm³/mol. The molecule has 6 heteroatoms. The first kappa shape index (κ1) is 19.4. The average Bonchev–Trinajstić information content (AvgIpc) is 3.26. The van der Waals surface area contributed by atoms with E-state index in [0.717, 1.165) is 25.1 Å². The van der Waals surface area contributed by atoms with Crippen LogP contribution in [0.3, 0.4) is 0 Å². The number of benzene rings is 1. The lowest BCUT2D eigenvalue weighted by Crippen LogP contribution is -2.58. The van der Waals surface area contributed by atoms with Crippen LogP contribution < -0.4 is 9.45 Å². The number of piperidine rings is 1. The SMILES string of the molecule is CC[n+]1ccn(-c2csc3cc(OON4C(C)(C)CCCC4(C)C)ccc23)c1. The number of nitrogens with zero attached hydrogens (tertiary/aromatic N) is 3. The van der Waals surface area contributed by atoms with Gasteiger partial charge in [-0.2, -0.15) is 0 Å². The molecule has 0 amide bonds. The van der Waals surface area contributed by atoms with Crippen molar-refractivity contribution in [3.63, 3.8) is 0 Å². The Morgan fingerprint density at radius 2 is 1.89 bits per heavy atom. The number of hydrogen-bond acceptors (Lipinski definition) is 4. The van der Waals surface area contributed by atoms with Crippen molar-refractivity contribution in [1.29, 1.82) is 0 Å². The molecule has 0 N–H and O–H groups in total. The van der Waals surface area contributed by atoms with Gasteiger partial charge in [-0.1, -0.05) is 4.99 Å². The lowest BCUT2D eigenvalue weighted by Gasteiger charge is -2.49. The molecule has 1 aromatic carbocycles. The van der Waals surface area contributed by atoms with Crippen molar-refractivity contribution in [2.45, 2.75) is 71.5 Å². The van der Waals surface area contributed by atoms with Gasteiger partial charge < -0.3 is 4.89 Å². The van der Waals surface area contributed by atoms with Gasteiger partial charge in [0.05, 0.1) is 6.54 Å². The van der Waals surface area contributed by atoms with Crippen LogP contribution in [0.1, 0.15) is 53.9 Å². The quantitative estimate of drug-likeness (QED) is 0.332. The van der Waals surface area contributed by atoms with E-state index in [1.54, 1.807) is 11.3 Å². The first-order valence-electron chi connectivity index (χ1n) is 10.0. The number of hydroxylamine groups is 2. The second kappa shape index (κ2) is 7.17. The minimum atomic E-state index is -0.0506. The van der Waals surface area contributed by atoms with Gasteiger partial charge in [-0.25, -0.2) is 9.13 Å². The Labute approximate surface area is 171 Å². The average molecular weight is 401 g/mol. The lowest BCUT2D eigenvalue weighted by atomic mass is 9.82. The first-order valence-corrected chi connectivity index (χ1v) is 10.9. The standard InChI is InChI=1S/C22H30N3O2S/c1-6-23-12-13-24(16-23)19-15-28-20-14-17(8-9-18(19)20)26-27-25-21(2,3)10-7-11-22(25,4)5/h8-9,12-16H,6-7,10-11H2,1-5H3/q+1. The third-order valence-electron chi connectivity index (χ3n) is 5.75. The van der Waals surface area contributed by atoms with E-state index in [-0.39, 0.29) is 11.1 Å². The molecule has 0 radical (unpaired) electrons. The number of thiophene rings is 1. The van der Waals surface area contributed by atoms with E-state index < -0.39 is 0 Å². The van der Waals surface area contributed by atoms with Crippen LogP contribution in [0.15, 0.2) is 42.3 Å². The molecular formula is C22H30N3O2S+. The van der Waals surface area contributed by atoms with E-state index in [1.807, 2.05) is 11.1 Å². The highest BCUT2D eigenvalue weighted by atomic mass is 32.1. The summed E-state index contributed by atoms with van der Waals surface area (Å²) in [5.74, 6) is 0.731. The van der Waals surface area contributed by atoms with E-state index in [1.165, 1.54) is 22.2 Å². The third kappa shape index (κ3) is 3.56. The molecule has 0 saturated carbocycles. The monoisotopic (exact) mass is 400 g/mol. The van der Waals surface area contributed by atoms with E-state index in [2.05, 4.69) is 80.0 Å². The Kier molecular flexibility index (Phi) is 4.98. The van der Waals surface area contributed by atoms with Gasteiger partial charge in [-0.05, 0) is 66.0 Å². The molecule has 0 spiro atoms. The van der Waals surface area contributed by atoms with Gasteiger partial charge in [0.1, 0.15) is 12.4 Å². The predicted octanol–water partition coefficient (Wildman–Crippen LogP) is 5.27. The smallest absolute Gasteiger partial charge is 0.249 e. The zero-order valence-electron chi connectivity index (χ0n) is 17.4. The topological polar surface area (TPSA) is 30.5 Å². The van der Waals surface area contributed by atoms with E-state index >= 15 is 0 Å². The van der Waals surface area contributed by atoms with Crippen molar-refractivity contribution in [2.24, 2.45) is 0 Å². The summed E-state index contributed by atoms with van der Waals surface area (Å²) in [5, 5.41) is 5.43. The zero-order valence-corrected chi connectivity index (χ0v) is 18.3. The van der Waals surface area contributed by atoms with Gasteiger partial charge in [0.15, 0.2) is 11.4 Å². The van der Waals surface area contributed by atoms with Crippen LogP contribution in [0.5, 0.6) is 5.75 Å². The van der Waals surface area contributed by atoms with Gasteiger partial charge >= 0.3 is 0 Å². The molecule has 0 atom stereocenters. The Morgan fingerprint density at radius 1 is 1.14 bits per heavy atom. The number of aryl methyl sites for hydroxylation is 1. The highest BCUT2D eigenvalue weighted by Gasteiger charge is 2.43. The highest BCUT2D eigenvalue weighted by Crippen LogP contribution is 2.39. The van der Waals surface area contributed by atoms with Gasteiger partial charge in [-0.15, -0.1) is 16.4 Å². The van der Waals surface area contributed by atoms with Crippen LogP contribution in [-0.4, -0.2) is 20.7 Å². The molecule has 1 saturated heterocycles. The fraction of sp³-hybridized carbons (Fsp3) is 0.500. The fourth-order valence-electron chi connectivity index (χ4n) is 4.23. The molecule has 1 fully saturated rings. The second-order valence-corrected chi connectivity index (χ2v) is 9.77. The summed E-state index contributed by atoms with van der Waals surface area (Å²) < 4.78 is 5.51. The molecule has 4 rings (SSSR count). The number of aromatic nitrogens is 2. The van der Waals surface area contributed by atoms with Crippen LogP contribution in [-0.2, 0) is 11.5 Å². The molecule has 1 aliphatic rings. The molecule has 0 aliphatic carbocycles. The lowest BCUT2D eigenvalue weighted by molar-refractivity contribution is -0.692. The Balaban J connectivity index is 1.54. The van der Waals surface area contributed by atoms with E-state index in [0.29, 0.717) is 0 Å². The number of imidazole rings is 1. The first-order chi connectivity index (χ1) is 13.3. The molecular weight excluding hydrogens is 370 g/mol. The van der Waals surface area contributed by atoms with Gasteiger partial charge in [0.25, 0.3) is 0 Å². The van der Waals surface area contributed by atoms with Crippen LogP contribution >= 0.6 is 11.3 Å². The summed E-state index contributed by atoms with van der Waals surface area (Å²) in [5.41, 5.74) is 1.09. The molecule has 150 valence electrons. The Hall–Kier alpha value is -1.89. The fourth-order valence-corrected chi connectivity index (χ4v) is 5.20. The zero-order chi connectivity index (χ0) is 19.9. The van der Waals surface area contributed by atoms with Crippen molar-refractivity contribution in [2.75, 3.05) is 0 Å². The maximum Gasteiger partial charge on any atom is 0.249 e. The van der Waals surface area contributed by atoms with Crippen LogP contribution in [0.2, 0.25) is 0 Å². The van der Waals surface area contributed by atoms with Crippen molar-refractivity contribution >= 4 is 21.4 Å². The molecule has 0 unspecified atom stereocenters. The largest absolute Gasteiger partial charge is 0.319 e. The molecule has 0 bridgehead atoms. The molecule has 5 nitrogen and oxygen atoms in total. The Bertz CT molecular complexity index is 957. The maximum absolute atomic E-state index is 5.89. The number of fused-ring (bicyclic) bond motifs is 1. The minimum absolute atomic E-state index is 0.0506. The molecule has 1 aliphatic heterocycles. The minimum Gasteiger partial charge on any atom is -0.319 e. The van der Waals surface area contributed by atoms with Crippen molar-refractivity contribution in [3.05, 3.63) is 42.3 Å². The summed E-state index contributed by atoms with van der Waals surface area (Å²) in [6, 6.07) is 6.16. The summed E-state index contributed by atoms with van der Waals surface area (Å²) in [6.07, 6.45) is 9.72. The van der Waals surface area contributed by atoms with Crippen molar-refractivity contribution in [1.82, 2.24) is 9.63 Å². The second-order valence-electron chi connectivity index (χ2n) is 8.86. The molecule has 3 aromatic rings. The normalized spacial score (nSPS) is 19.2.